The average Bonchev–Trinajstić information content (AvgIpc) is 3.15. The first-order valence-corrected chi connectivity index (χ1v) is 11.6. The smallest absolute Gasteiger partial charge is 0.249 e. The number of nitrogens with zero attached hydrogens (tertiary/aromatic N) is 3. The van der Waals surface area contributed by atoms with Gasteiger partial charge in [0.05, 0.1) is 28.6 Å². The highest BCUT2D eigenvalue weighted by Crippen LogP contribution is 2.33. The molecule has 4 rings (SSSR count). The molecule has 10 heteroatoms. The van der Waals surface area contributed by atoms with Crippen LogP contribution in [-0.4, -0.2) is 31.9 Å². The number of hydrogen-bond acceptors (Lipinski definition) is 5. The number of pyridine rings is 1. The standard InChI is InChI=1S/C26H25ClF2N4O3/c1-13-8-23(33-15(3)22(29)11-30-33)18-6-5-7-24(25(18)31-13)36-12-20-19(9-17(28)10-21(20)27)14(2)32-26(35)16(4)34/h5-11,14,16,34H,12H2,1-4H3,(H,32,35)/t14-,16+/m0/s1. The lowest BCUT2D eigenvalue weighted by atomic mass is 10.0. The first-order valence-electron chi connectivity index (χ1n) is 11.3. The largest absolute Gasteiger partial charge is 0.487 e. The normalized spacial score (nSPS) is 13.0. The summed E-state index contributed by atoms with van der Waals surface area (Å²) < 4.78 is 35.8. The number of fused-ring (bicyclic) bond motifs is 1. The molecule has 0 bridgehead atoms. The molecule has 4 aromatic rings. The first-order chi connectivity index (χ1) is 17.1. The highest BCUT2D eigenvalue weighted by molar-refractivity contribution is 6.31. The van der Waals surface area contributed by atoms with E-state index in [1.165, 1.54) is 23.7 Å². The van der Waals surface area contributed by atoms with Gasteiger partial charge in [0.2, 0.25) is 5.91 Å². The molecule has 188 valence electrons. The highest BCUT2D eigenvalue weighted by Gasteiger charge is 2.21. The molecule has 0 saturated carbocycles. The van der Waals surface area contributed by atoms with E-state index in [2.05, 4.69) is 15.4 Å². The zero-order chi connectivity index (χ0) is 26.1. The Morgan fingerprint density at radius 2 is 1.97 bits per heavy atom. The Morgan fingerprint density at radius 1 is 1.22 bits per heavy atom. The molecule has 2 N–H and O–H groups in total. The van der Waals surface area contributed by atoms with Crippen molar-refractivity contribution in [1.29, 1.82) is 0 Å². The number of benzene rings is 2. The maximum atomic E-state index is 14.2. The Morgan fingerprint density at radius 3 is 2.64 bits per heavy atom. The molecule has 0 aliphatic carbocycles. The maximum absolute atomic E-state index is 14.2. The summed E-state index contributed by atoms with van der Waals surface area (Å²) in [5.41, 5.74) is 3.13. The van der Waals surface area contributed by atoms with E-state index >= 15 is 0 Å². The van der Waals surface area contributed by atoms with Crippen molar-refractivity contribution in [1.82, 2.24) is 20.1 Å². The van der Waals surface area contributed by atoms with Crippen LogP contribution in [0.4, 0.5) is 8.78 Å². The fraction of sp³-hybridized carbons (Fsp3) is 0.269. The summed E-state index contributed by atoms with van der Waals surface area (Å²) in [6.07, 6.45) is -0.0606. The molecule has 0 fully saturated rings. The van der Waals surface area contributed by atoms with Crippen LogP contribution in [0, 0.1) is 25.5 Å². The van der Waals surface area contributed by atoms with Gasteiger partial charge in [-0.25, -0.2) is 18.4 Å². The summed E-state index contributed by atoms with van der Waals surface area (Å²) in [7, 11) is 0. The minimum atomic E-state index is -1.22. The predicted molar refractivity (Wildman–Crippen MR) is 132 cm³/mol. The number of aliphatic hydroxyl groups is 1. The van der Waals surface area contributed by atoms with Crippen LogP contribution in [0.15, 0.2) is 42.6 Å². The van der Waals surface area contributed by atoms with E-state index in [1.807, 2.05) is 19.1 Å². The van der Waals surface area contributed by atoms with Gasteiger partial charge in [-0.05, 0) is 57.5 Å². The van der Waals surface area contributed by atoms with Gasteiger partial charge >= 0.3 is 0 Å². The third-order valence-corrected chi connectivity index (χ3v) is 6.20. The lowest BCUT2D eigenvalue weighted by Crippen LogP contribution is -2.34. The second-order valence-electron chi connectivity index (χ2n) is 8.58. The van der Waals surface area contributed by atoms with Crippen molar-refractivity contribution >= 4 is 28.4 Å². The van der Waals surface area contributed by atoms with Crippen molar-refractivity contribution in [3.63, 3.8) is 0 Å². The minimum Gasteiger partial charge on any atom is -0.487 e. The molecule has 0 radical (unpaired) electrons. The third kappa shape index (κ3) is 5.03. The fourth-order valence-corrected chi connectivity index (χ4v) is 4.24. The number of hydrogen-bond donors (Lipinski definition) is 2. The zero-order valence-corrected chi connectivity index (χ0v) is 20.9. The molecule has 2 aromatic heterocycles. The molecule has 7 nitrogen and oxygen atoms in total. The number of carbonyl (C=O) groups excluding carboxylic acids is 1. The van der Waals surface area contributed by atoms with E-state index < -0.39 is 29.7 Å². The molecular weight excluding hydrogens is 490 g/mol. The molecule has 2 atom stereocenters. The minimum absolute atomic E-state index is 0.0389. The van der Waals surface area contributed by atoms with Gasteiger partial charge in [0.25, 0.3) is 0 Å². The Balaban J connectivity index is 1.72. The van der Waals surface area contributed by atoms with E-state index in [4.69, 9.17) is 16.3 Å². The van der Waals surface area contributed by atoms with Crippen LogP contribution in [0.3, 0.4) is 0 Å². The number of amides is 1. The highest BCUT2D eigenvalue weighted by atomic mass is 35.5. The van der Waals surface area contributed by atoms with Crippen LogP contribution in [0.5, 0.6) is 5.75 Å². The first kappa shape index (κ1) is 25.5. The number of aromatic nitrogens is 3. The van der Waals surface area contributed by atoms with E-state index in [0.29, 0.717) is 44.9 Å². The number of aliphatic hydroxyl groups excluding tert-OH is 1. The fourth-order valence-electron chi connectivity index (χ4n) is 3.98. The van der Waals surface area contributed by atoms with Gasteiger partial charge in [0, 0.05) is 16.6 Å². The average molecular weight is 515 g/mol. The van der Waals surface area contributed by atoms with Gasteiger partial charge in [-0.1, -0.05) is 23.7 Å². The van der Waals surface area contributed by atoms with E-state index in [-0.39, 0.29) is 11.6 Å². The van der Waals surface area contributed by atoms with Crippen LogP contribution >= 0.6 is 11.6 Å². The van der Waals surface area contributed by atoms with Crippen molar-refractivity contribution in [2.45, 2.75) is 46.4 Å². The number of halogens is 3. The van der Waals surface area contributed by atoms with Crippen molar-refractivity contribution in [2.24, 2.45) is 0 Å². The number of rotatable bonds is 7. The Kier molecular flexibility index (Phi) is 7.23. The molecule has 0 saturated heterocycles. The molecule has 0 aliphatic heterocycles. The summed E-state index contributed by atoms with van der Waals surface area (Å²) >= 11 is 6.37. The van der Waals surface area contributed by atoms with Crippen LogP contribution in [0.25, 0.3) is 16.6 Å². The van der Waals surface area contributed by atoms with E-state index in [9.17, 15) is 18.7 Å². The predicted octanol–water partition coefficient (Wildman–Crippen LogP) is 5.11. The maximum Gasteiger partial charge on any atom is 0.249 e. The molecule has 1 amide bonds. The molecule has 2 aromatic carbocycles. The van der Waals surface area contributed by atoms with Crippen LogP contribution in [0.2, 0.25) is 5.02 Å². The topological polar surface area (TPSA) is 89.3 Å². The van der Waals surface area contributed by atoms with Gasteiger partial charge in [-0.2, -0.15) is 5.10 Å². The third-order valence-electron chi connectivity index (χ3n) is 5.86. The zero-order valence-electron chi connectivity index (χ0n) is 20.1. The van der Waals surface area contributed by atoms with E-state index in [1.54, 1.807) is 26.0 Å². The summed E-state index contributed by atoms with van der Waals surface area (Å²) in [5, 5.41) is 17.1. The Labute approximate surface area is 211 Å². The number of para-hydroxylation sites is 1. The number of aryl methyl sites for hydroxylation is 1. The quantitative estimate of drug-likeness (QED) is 0.358. The molecule has 2 heterocycles. The summed E-state index contributed by atoms with van der Waals surface area (Å²) in [6.45, 7) is 6.42. The van der Waals surface area contributed by atoms with Gasteiger partial charge in [0.1, 0.15) is 29.8 Å². The SMILES string of the molecule is Cc1cc(-n2ncc(F)c2C)c2cccc(OCc3c(Cl)cc(F)cc3[C@H](C)NC(=O)[C@@H](C)O)c2n1. The molecule has 36 heavy (non-hydrogen) atoms. The lowest BCUT2D eigenvalue weighted by molar-refractivity contribution is -0.129. The molecule has 0 unspecified atom stereocenters. The Hall–Kier alpha value is -3.56. The van der Waals surface area contributed by atoms with Gasteiger partial charge in [-0.3, -0.25) is 4.79 Å². The lowest BCUT2D eigenvalue weighted by Gasteiger charge is -2.21. The Bertz CT molecular complexity index is 1460. The second kappa shape index (κ2) is 10.2. The summed E-state index contributed by atoms with van der Waals surface area (Å²) in [6, 6.07) is 8.98. The van der Waals surface area contributed by atoms with Crippen molar-refractivity contribution in [3.05, 3.63) is 81.8 Å². The van der Waals surface area contributed by atoms with Crippen molar-refractivity contribution in [2.75, 3.05) is 0 Å². The van der Waals surface area contributed by atoms with Crippen molar-refractivity contribution < 1.29 is 23.4 Å². The van der Waals surface area contributed by atoms with Gasteiger partial charge in [-0.15, -0.1) is 0 Å². The number of nitrogens with one attached hydrogen (secondary N) is 1. The molecule has 0 aliphatic rings. The number of carbonyl (C=O) groups is 1. The monoisotopic (exact) mass is 514 g/mol. The second-order valence-corrected chi connectivity index (χ2v) is 8.98. The molecule has 0 spiro atoms. The van der Waals surface area contributed by atoms with Crippen molar-refractivity contribution in [3.8, 4) is 11.4 Å². The van der Waals surface area contributed by atoms with Crippen LogP contribution in [0.1, 0.15) is 42.4 Å². The molecular formula is C26H25ClF2N4O3. The van der Waals surface area contributed by atoms with E-state index in [0.717, 1.165) is 6.20 Å². The number of ether oxygens (including phenoxy) is 1. The summed E-state index contributed by atoms with van der Waals surface area (Å²) in [5.74, 6) is -1.14. The van der Waals surface area contributed by atoms with Gasteiger partial charge < -0.3 is 15.2 Å². The van der Waals surface area contributed by atoms with Crippen LogP contribution < -0.4 is 10.1 Å². The summed E-state index contributed by atoms with van der Waals surface area (Å²) in [4.78, 5) is 16.6. The van der Waals surface area contributed by atoms with Crippen LogP contribution in [-0.2, 0) is 11.4 Å². The van der Waals surface area contributed by atoms with Gasteiger partial charge in [0.15, 0.2) is 5.82 Å².